The first-order valence-corrected chi connectivity index (χ1v) is 6.26. The fraction of sp³-hybridized carbons (Fsp3) is 0.538. The minimum absolute atomic E-state index is 0.313. The number of rotatable bonds is 4. The van der Waals surface area contributed by atoms with Gasteiger partial charge >= 0.3 is 11.7 Å². The standard InChI is InChI=1S/C13H19FN4O3/c1-13(2,3)11(19)21-8-18-6-9(14)10(16-12(18)20)15-7-17(4)5/h6-7H,8H2,1-5H3. The van der Waals surface area contributed by atoms with Crippen LogP contribution in [0.5, 0.6) is 0 Å². The summed E-state index contributed by atoms with van der Waals surface area (Å²) >= 11 is 0. The van der Waals surface area contributed by atoms with Gasteiger partial charge in [-0.15, -0.1) is 0 Å². The number of carbonyl (C=O) groups is 1. The minimum atomic E-state index is -0.778. The molecule has 0 saturated carbocycles. The summed E-state index contributed by atoms with van der Waals surface area (Å²) < 4.78 is 19.5. The molecular formula is C13H19FN4O3. The molecule has 0 amide bonds. The second kappa shape index (κ2) is 6.47. The topological polar surface area (TPSA) is 76.8 Å². The van der Waals surface area contributed by atoms with E-state index in [1.807, 2.05) is 0 Å². The molecule has 0 bridgehead atoms. The fourth-order valence-electron chi connectivity index (χ4n) is 1.16. The van der Waals surface area contributed by atoms with E-state index in [9.17, 15) is 14.0 Å². The van der Waals surface area contributed by atoms with Crippen LogP contribution in [-0.4, -0.2) is 40.9 Å². The van der Waals surface area contributed by atoms with Crippen molar-refractivity contribution in [2.75, 3.05) is 14.1 Å². The van der Waals surface area contributed by atoms with E-state index in [1.165, 1.54) is 6.34 Å². The van der Waals surface area contributed by atoms with E-state index in [0.29, 0.717) is 0 Å². The summed E-state index contributed by atoms with van der Waals surface area (Å²) in [5.74, 6) is -1.59. The maximum absolute atomic E-state index is 13.7. The molecular weight excluding hydrogens is 279 g/mol. The van der Waals surface area contributed by atoms with Crippen molar-refractivity contribution in [1.82, 2.24) is 14.5 Å². The normalized spacial score (nSPS) is 11.7. The van der Waals surface area contributed by atoms with Crippen LogP contribution in [0.3, 0.4) is 0 Å². The minimum Gasteiger partial charge on any atom is -0.443 e. The molecule has 1 aromatic rings. The number of hydrogen-bond donors (Lipinski definition) is 0. The van der Waals surface area contributed by atoms with Gasteiger partial charge in [0.15, 0.2) is 18.4 Å². The highest BCUT2D eigenvalue weighted by Gasteiger charge is 2.23. The highest BCUT2D eigenvalue weighted by molar-refractivity contribution is 5.75. The first kappa shape index (κ1) is 16.8. The second-order valence-electron chi connectivity index (χ2n) is 5.68. The SMILES string of the molecule is CN(C)C=Nc1nc(=O)n(COC(=O)C(C)(C)C)cc1F. The summed E-state index contributed by atoms with van der Waals surface area (Å²) in [6.07, 6.45) is 2.24. The summed E-state index contributed by atoms with van der Waals surface area (Å²) in [5.41, 5.74) is -1.45. The van der Waals surface area contributed by atoms with Gasteiger partial charge in [-0.2, -0.15) is 4.98 Å². The third-order valence-electron chi connectivity index (χ3n) is 2.29. The van der Waals surface area contributed by atoms with Crippen molar-refractivity contribution in [3.63, 3.8) is 0 Å². The van der Waals surface area contributed by atoms with Gasteiger partial charge in [-0.05, 0) is 20.8 Å². The van der Waals surface area contributed by atoms with Crippen molar-refractivity contribution in [2.24, 2.45) is 10.4 Å². The van der Waals surface area contributed by atoms with Crippen LogP contribution < -0.4 is 5.69 Å². The van der Waals surface area contributed by atoms with Crippen molar-refractivity contribution in [1.29, 1.82) is 0 Å². The zero-order chi connectivity index (χ0) is 16.2. The molecule has 0 saturated heterocycles. The fourth-order valence-corrected chi connectivity index (χ4v) is 1.16. The average Bonchev–Trinajstić information content (AvgIpc) is 2.35. The molecule has 0 aliphatic rings. The van der Waals surface area contributed by atoms with Gasteiger partial charge in [0.05, 0.1) is 18.0 Å². The Hall–Kier alpha value is -2.25. The quantitative estimate of drug-likeness (QED) is 0.473. The molecule has 1 heterocycles. The summed E-state index contributed by atoms with van der Waals surface area (Å²) in [6.45, 7) is 4.64. The first-order valence-electron chi connectivity index (χ1n) is 6.26. The Labute approximate surface area is 122 Å². The van der Waals surface area contributed by atoms with Crippen molar-refractivity contribution >= 4 is 18.1 Å². The van der Waals surface area contributed by atoms with Crippen LogP contribution in [0.1, 0.15) is 20.8 Å². The van der Waals surface area contributed by atoms with E-state index in [2.05, 4.69) is 9.98 Å². The van der Waals surface area contributed by atoms with Crippen molar-refractivity contribution in [3.05, 3.63) is 22.5 Å². The highest BCUT2D eigenvalue weighted by Crippen LogP contribution is 2.15. The Morgan fingerprint density at radius 2 is 2.14 bits per heavy atom. The number of hydrogen-bond acceptors (Lipinski definition) is 5. The molecule has 0 fully saturated rings. The van der Waals surface area contributed by atoms with Crippen LogP contribution in [0.2, 0.25) is 0 Å². The van der Waals surface area contributed by atoms with Gasteiger partial charge in [-0.3, -0.25) is 9.36 Å². The molecule has 0 aromatic carbocycles. The van der Waals surface area contributed by atoms with Gasteiger partial charge in [0.25, 0.3) is 0 Å². The first-order chi connectivity index (χ1) is 9.61. The molecule has 0 radical (unpaired) electrons. The Morgan fingerprint density at radius 1 is 1.52 bits per heavy atom. The summed E-state index contributed by atoms with van der Waals surface area (Å²) in [4.78, 5) is 32.1. The van der Waals surface area contributed by atoms with Crippen LogP contribution in [0.15, 0.2) is 16.0 Å². The van der Waals surface area contributed by atoms with Gasteiger partial charge in [-0.1, -0.05) is 0 Å². The van der Waals surface area contributed by atoms with E-state index in [0.717, 1.165) is 10.8 Å². The molecule has 0 aliphatic heterocycles. The van der Waals surface area contributed by atoms with Gasteiger partial charge < -0.3 is 9.64 Å². The highest BCUT2D eigenvalue weighted by atomic mass is 19.1. The van der Waals surface area contributed by atoms with Gasteiger partial charge in [-0.25, -0.2) is 14.2 Å². The smallest absolute Gasteiger partial charge is 0.352 e. The molecule has 1 rings (SSSR count). The lowest BCUT2D eigenvalue weighted by atomic mass is 9.98. The Balaban J connectivity index is 2.90. The van der Waals surface area contributed by atoms with Crippen LogP contribution in [0.25, 0.3) is 0 Å². The predicted octanol–water partition coefficient (Wildman–Crippen LogP) is 1.15. The third-order valence-corrected chi connectivity index (χ3v) is 2.29. The van der Waals surface area contributed by atoms with Gasteiger partial charge in [0, 0.05) is 14.1 Å². The summed E-state index contributed by atoms with van der Waals surface area (Å²) in [5, 5.41) is 0. The van der Waals surface area contributed by atoms with Crippen LogP contribution in [0.4, 0.5) is 10.2 Å². The molecule has 0 N–H and O–H groups in total. The number of nitrogens with zero attached hydrogens (tertiary/aromatic N) is 4. The maximum atomic E-state index is 13.7. The Bertz CT molecular complexity index is 602. The lowest BCUT2D eigenvalue weighted by Crippen LogP contribution is -2.29. The summed E-state index contributed by atoms with van der Waals surface area (Å²) in [7, 11) is 3.41. The lowest BCUT2D eigenvalue weighted by molar-refractivity contribution is -0.157. The Kier molecular flexibility index (Phi) is 5.17. The van der Waals surface area contributed by atoms with Crippen molar-refractivity contribution in [2.45, 2.75) is 27.5 Å². The molecule has 8 heteroatoms. The van der Waals surface area contributed by atoms with Crippen LogP contribution in [0, 0.1) is 11.2 Å². The van der Waals surface area contributed by atoms with Crippen LogP contribution >= 0.6 is 0 Å². The molecule has 21 heavy (non-hydrogen) atoms. The van der Waals surface area contributed by atoms with Crippen molar-refractivity contribution in [3.8, 4) is 0 Å². The molecule has 0 unspecified atom stereocenters. The predicted molar refractivity (Wildman–Crippen MR) is 75.8 cm³/mol. The molecule has 0 aliphatic carbocycles. The largest absolute Gasteiger partial charge is 0.443 e. The number of esters is 1. The molecule has 0 spiro atoms. The van der Waals surface area contributed by atoms with E-state index in [1.54, 1.807) is 39.8 Å². The zero-order valence-electron chi connectivity index (χ0n) is 12.8. The average molecular weight is 298 g/mol. The molecule has 116 valence electrons. The molecule has 7 nitrogen and oxygen atoms in total. The van der Waals surface area contributed by atoms with E-state index in [4.69, 9.17) is 4.74 Å². The van der Waals surface area contributed by atoms with Gasteiger partial charge in [0.2, 0.25) is 0 Å². The lowest BCUT2D eigenvalue weighted by Gasteiger charge is -2.16. The van der Waals surface area contributed by atoms with E-state index in [-0.39, 0.29) is 5.82 Å². The maximum Gasteiger partial charge on any atom is 0.352 e. The number of halogens is 1. The summed E-state index contributed by atoms with van der Waals surface area (Å²) in [6, 6.07) is 0. The number of aliphatic imine (C=N–C) groups is 1. The number of aromatic nitrogens is 2. The van der Waals surface area contributed by atoms with E-state index >= 15 is 0 Å². The van der Waals surface area contributed by atoms with Crippen LogP contribution in [-0.2, 0) is 16.3 Å². The monoisotopic (exact) mass is 298 g/mol. The third kappa shape index (κ3) is 4.97. The van der Waals surface area contributed by atoms with E-state index < -0.39 is 29.6 Å². The zero-order valence-corrected chi connectivity index (χ0v) is 12.8. The Morgan fingerprint density at radius 3 is 2.67 bits per heavy atom. The molecule has 0 atom stereocenters. The number of carbonyl (C=O) groups excluding carboxylic acids is 1. The number of ether oxygens (including phenoxy) is 1. The molecule has 1 aromatic heterocycles. The van der Waals surface area contributed by atoms with Gasteiger partial charge in [0.1, 0.15) is 0 Å². The second-order valence-corrected chi connectivity index (χ2v) is 5.68. The van der Waals surface area contributed by atoms with Crippen molar-refractivity contribution < 1.29 is 13.9 Å².